The third kappa shape index (κ3) is 2.60. The minimum atomic E-state index is -0.466. The van der Waals surface area contributed by atoms with Gasteiger partial charge in [-0.3, -0.25) is 0 Å². The summed E-state index contributed by atoms with van der Waals surface area (Å²) in [5.41, 5.74) is 5.72. The average molecular weight is 253 g/mol. The number of hydrogen-bond donors (Lipinski definition) is 2. The molecular weight excluding hydrogens is 222 g/mol. The van der Waals surface area contributed by atoms with Crippen molar-refractivity contribution in [2.75, 3.05) is 6.54 Å². The van der Waals surface area contributed by atoms with Gasteiger partial charge in [-0.25, -0.2) is 0 Å². The highest BCUT2D eigenvalue weighted by atomic mass is 16.3. The van der Waals surface area contributed by atoms with E-state index in [0.29, 0.717) is 6.54 Å². The molecule has 0 amide bonds. The molecule has 18 heavy (non-hydrogen) atoms. The molecule has 0 aromatic carbocycles. The van der Waals surface area contributed by atoms with Crippen LogP contribution in [-0.2, 0) is 0 Å². The lowest BCUT2D eigenvalue weighted by Crippen LogP contribution is -2.54. The minimum Gasteiger partial charge on any atom is -0.389 e. The Morgan fingerprint density at radius 1 is 1.06 bits per heavy atom. The van der Waals surface area contributed by atoms with Crippen LogP contribution in [0.3, 0.4) is 0 Å². The Morgan fingerprint density at radius 3 is 2.28 bits per heavy atom. The molecule has 2 aliphatic carbocycles. The Balaban J connectivity index is 2.18. The maximum atomic E-state index is 11.3. The third-order valence-electron chi connectivity index (χ3n) is 5.83. The van der Waals surface area contributed by atoms with Gasteiger partial charge in [0.25, 0.3) is 0 Å². The van der Waals surface area contributed by atoms with Crippen molar-refractivity contribution in [3.05, 3.63) is 0 Å². The van der Waals surface area contributed by atoms with Crippen molar-refractivity contribution in [3.63, 3.8) is 0 Å². The van der Waals surface area contributed by atoms with Crippen molar-refractivity contribution in [2.45, 2.75) is 83.2 Å². The van der Waals surface area contributed by atoms with Crippen LogP contribution >= 0.6 is 0 Å². The molecule has 2 nitrogen and oxygen atoms in total. The van der Waals surface area contributed by atoms with Crippen molar-refractivity contribution in [1.29, 1.82) is 0 Å². The number of nitrogens with two attached hydrogens (primary N) is 1. The molecule has 0 spiro atoms. The Kier molecular flexibility index (Phi) is 4.71. The van der Waals surface area contributed by atoms with Gasteiger partial charge in [-0.2, -0.15) is 0 Å². The summed E-state index contributed by atoms with van der Waals surface area (Å²) in [6.07, 6.45) is 13.1. The summed E-state index contributed by atoms with van der Waals surface area (Å²) in [6, 6.07) is 0. The van der Waals surface area contributed by atoms with Crippen LogP contribution in [0.5, 0.6) is 0 Å². The number of rotatable bonds is 3. The second kappa shape index (κ2) is 5.92. The standard InChI is InChI=1S/C16H31NO/c1-2-14-8-7-9-15(12-14,13-17)16(18)10-5-3-4-6-11-16/h14,18H,2-13,17H2,1H3. The van der Waals surface area contributed by atoms with Gasteiger partial charge < -0.3 is 10.8 Å². The summed E-state index contributed by atoms with van der Waals surface area (Å²) in [5, 5.41) is 11.3. The van der Waals surface area contributed by atoms with Gasteiger partial charge in [0.1, 0.15) is 0 Å². The molecule has 2 heteroatoms. The van der Waals surface area contributed by atoms with E-state index in [2.05, 4.69) is 6.92 Å². The summed E-state index contributed by atoms with van der Waals surface area (Å²) in [6.45, 7) is 2.97. The predicted octanol–water partition coefficient (Wildman–Crippen LogP) is 3.62. The second-order valence-electron chi connectivity index (χ2n) is 6.80. The Bertz CT molecular complexity index is 258. The first-order valence-electron chi connectivity index (χ1n) is 8.08. The molecule has 2 saturated carbocycles. The third-order valence-corrected chi connectivity index (χ3v) is 5.83. The van der Waals surface area contributed by atoms with Gasteiger partial charge in [0, 0.05) is 12.0 Å². The lowest BCUT2D eigenvalue weighted by molar-refractivity contribution is -0.118. The highest BCUT2D eigenvalue weighted by Gasteiger charge is 2.50. The van der Waals surface area contributed by atoms with Crippen LogP contribution in [0.4, 0.5) is 0 Å². The van der Waals surface area contributed by atoms with Gasteiger partial charge in [-0.15, -0.1) is 0 Å². The van der Waals surface area contributed by atoms with E-state index >= 15 is 0 Å². The van der Waals surface area contributed by atoms with Crippen LogP contribution in [0.25, 0.3) is 0 Å². The molecule has 2 fully saturated rings. The van der Waals surface area contributed by atoms with Crippen LogP contribution in [0.1, 0.15) is 77.6 Å². The molecule has 106 valence electrons. The van der Waals surface area contributed by atoms with Crippen LogP contribution in [0.2, 0.25) is 0 Å². The fraction of sp³-hybridized carbons (Fsp3) is 1.00. The SMILES string of the molecule is CCC1CCCC(CN)(C2(O)CCCCCC2)C1. The summed E-state index contributed by atoms with van der Waals surface area (Å²) in [5.74, 6) is 0.787. The number of aliphatic hydroxyl groups is 1. The lowest BCUT2D eigenvalue weighted by atomic mass is 9.58. The fourth-order valence-electron chi connectivity index (χ4n) is 4.48. The summed E-state index contributed by atoms with van der Waals surface area (Å²) in [4.78, 5) is 0. The second-order valence-corrected chi connectivity index (χ2v) is 6.80. The van der Waals surface area contributed by atoms with E-state index in [0.717, 1.165) is 31.6 Å². The molecule has 0 saturated heterocycles. The average Bonchev–Trinajstić information content (AvgIpc) is 2.64. The van der Waals surface area contributed by atoms with E-state index in [-0.39, 0.29) is 5.41 Å². The molecule has 2 unspecified atom stereocenters. The van der Waals surface area contributed by atoms with E-state index in [4.69, 9.17) is 5.73 Å². The highest BCUT2D eigenvalue weighted by Crippen LogP contribution is 2.51. The van der Waals surface area contributed by atoms with Crippen LogP contribution in [-0.4, -0.2) is 17.3 Å². The molecule has 0 bridgehead atoms. The highest BCUT2D eigenvalue weighted by molar-refractivity contribution is 5.02. The molecule has 3 N–H and O–H groups in total. The zero-order valence-electron chi connectivity index (χ0n) is 12.1. The van der Waals surface area contributed by atoms with Gasteiger partial charge >= 0.3 is 0 Å². The minimum absolute atomic E-state index is 0.0241. The molecule has 0 aromatic heterocycles. The summed E-state index contributed by atoms with van der Waals surface area (Å²) < 4.78 is 0. The molecule has 0 radical (unpaired) electrons. The molecule has 0 aliphatic heterocycles. The Labute approximate surface area is 112 Å². The Morgan fingerprint density at radius 2 is 1.72 bits per heavy atom. The monoisotopic (exact) mass is 253 g/mol. The maximum absolute atomic E-state index is 11.3. The summed E-state index contributed by atoms with van der Waals surface area (Å²) >= 11 is 0. The van der Waals surface area contributed by atoms with Crippen molar-refractivity contribution < 1.29 is 5.11 Å². The van der Waals surface area contributed by atoms with Crippen LogP contribution in [0, 0.1) is 11.3 Å². The van der Waals surface area contributed by atoms with Gasteiger partial charge in [0.05, 0.1) is 5.60 Å². The summed E-state index contributed by atoms with van der Waals surface area (Å²) in [7, 11) is 0. The number of hydrogen-bond acceptors (Lipinski definition) is 2. The van der Waals surface area contributed by atoms with E-state index < -0.39 is 5.60 Å². The fourth-order valence-corrected chi connectivity index (χ4v) is 4.48. The Hall–Kier alpha value is -0.0800. The maximum Gasteiger partial charge on any atom is 0.0715 e. The lowest BCUT2D eigenvalue weighted by Gasteiger charge is -2.51. The van der Waals surface area contributed by atoms with Crippen molar-refractivity contribution in [1.82, 2.24) is 0 Å². The van der Waals surface area contributed by atoms with Gasteiger partial charge in [-0.1, -0.05) is 51.9 Å². The molecular formula is C16H31NO. The first kappa shape index (κ1) is 14.3. The predicted molar refractivity (Wildman–Crippen MR) is 76.4 cm³/mol. The quantitative estimate of drug-likeness (QED) is 0.755. The smallest absolute Gasteiger partial charge is 0.0715 e. The van der Waals surface area contributed by atoms with Crippen LogP contribution < -0.4 is 5.73 Å². The normalized spacial score (nSPS) is 37.2. The van der Waals surface area contributed by atoms with E-state index in [1.165, 1.54) is 44.9 Å². The van der Waals surface area contributed by atoms with Gasteiger partial charge in [0.2, 0.25) is 0 Å². The van der Waals surface area contributed by atoms with E-state index in [1.54, 1.807) is 0 Å². The van der Waals surface area contributed by atoms with Crippen molar-refractivity contribution in [3.8, 4) is 0 Å². The van der Waals surface area contributed by atoms with Crippen molar-refractivity contribution in [2.24, 2.45) is 17.1 Å². The van der Waals surface area contributed by atoms with E-state index in [1.807, 2.05) is 0 Å². The van der Waals surface area contributed by atoms with E-state index in [9.17, 15) is 5.11 Å². The zero-order chi connectivity index (χ0) is 13.1. The largest absolute Gasteiger partial charge is 0.389 e. The molecule has 0 heterocycles. The zero-order valence-corrected chi connectivity index (χ0v) is 12.1. The van der Waals surface area contributed by atoms with Crippen LogP contribution in [0.15, 0.2) is 0 Å². The topological polar surface area (TPSA) is 46.2 Å². The van der Waals surface area contributed by atoms with Crippen molar-refractivity contribution >= 4 is 0 Å². The van der Waals surface area contributed by atoms with Gasteiger partial charge in [-0.05, 0) is 31.6 Å². The molecule has 2 rings (SSSR count). The van der Waals surface area contributed by atoms with Gasteiger partial charge in [0.15, 0.2) is 0 Å². The molecule has 2 aliphatic rings. The molecule has 2 atom stereocenters. The first-order valence-corrected chi connectivity index (χ1v) is 8.08. The molecule has 0 aromatic rings. The first-order chi connectivity index (χ1) is 8.66.